The topological polar surface area (TPSA) is 17.1 Å². The number of allylic oxidation sites excluding steroid dienone is 2. The van der Waals surface area contributed by atoms with Gasteiger partial charge in [-0.2, -0.15) is 0 Å². The molecule has 0 N–H and O–H groups in total. The van der Waals surface area contributed by atoms with E-state index in [0.29, 0.717) is 6.42 Å². The largest absolute Gasteiger partial charge is 0.291 e. The van der Waals surface area contributed by atoms with E-state index in [0.717, 1.165) is 12.8 Å². The van der Waals surface area contributed by atoms with Gasteiger partial charge < -0.3 is 0 Å². The van der Waals surface area contributed by atoms with E-state index in [-0.39, 0.29) is 0 Å². The molecule has 14 heavy (non-hydrogen) atoms. The molecule has 0 aliphatic carbocycles. The van der Waals surface area contributed by atoms with E-state index < -0.39 is 0 Å². The van der Waals surface area contributed by atoms with Crippen molar-refractivity contribution in [3.8, 4) is 0 Å². The van der Waals surface area contributed by atoms with Crippen LogP contribution in [0.5, 0.6) is 0 Å². The van der Waals surface area contributed by atoms with Crippen molar-refractivity contribution < 1.29 is 4.79 Å². The highest BCUT2D eigenvalue weighted by molar-refractivity contribution is 5.50. The quantitative estimate of drug-likeness (QED) is 0.377. The van der Waals surface area contributed by atoms with Crippen LogP contribution in [0, 0.1) is 0 Å². The van der Waals surface area contributed by atoms with Crippen molar-refractivity contribution in [2.45, 2.75) is 64.7 Å². The maximum atomic E-state index is 9.89. The average Bonchev–Trinajstić information content (AvgIpc) is 2.21. The lowest BCUT2D eigenvalue weighted by atomic mass is 10.1. The number of hydrogen-bond donors (Lipinski definition) is 0. The molecule has 1 nitrogen and oxygen atoms in total. The van der Waals surface area contributed by atoms with Gasteiger partial charge in [-0.25, -0.2) is 0 Å². The van der Waals surface area contributed by atoms with Gasteiger partial charge in [-0.3, -0.25) is 4.79 Å². The van der Waals surface area contributed by atoms with Crippen molar-refractivity contribution in [1.29, 1.82) is 0 Å². The third-order valence-corrected chi connectivity index (χ3v) is 2.29. The second kappa shape index (κ2) is 12.4. The monoisotopic (exact) mass is 195 g/mol. The summed E-state index contributed by atoms with van der Waals surface area (Å²) < 4.78 is 0. The third kappa shape index (κ3) is 11.4. The van der Waals surface area contributed by atoms with E-state index in [9.17, 15) is 4.79 Å². The van der Waals surface area contributed by atoms with Gasteiger partial charge in [-0.05, 0) is 25.7 Å². The van der Waals surface area contributed by atoms with Gasteiger partial charge in [-0.15, -0.1) is 0 Å². The Bertz CT molecular complexity index is 138. The first kappa shape index (κ1) is 13.4. The van der Waals surface area contributed by atoms with Crippen LogP contribution in [0.25, 0.3) is 0 Å². The van der Waals surface area contributed by atoms with Gasteiger partial charge in [0.05, 0.1) is 0 Å². The molecule has 0 atom stereocenters. The normalized spacial score (nSPS) is 10.9. The van der Waals surface area contributed by atoms with Crippen molar-refractivity contribution in [3.05, 3.63) is 12.2 Å². The zero-order valence-corrected chi connectivity index (χ0v) is 9.43. The maximum absolute atomic E-state index is 9.89. The summed E-state index contributed by atoms with van der Waals surface area (Å²) in [5, 5.41) is 0. The van der Waals surface area contributed by atoms with Gasteiger partial charge in [0.1, 0.15) is 0 Å². The highest BCUT2D eigenvalue weighted by Gasteiger charge is 1.86. The maximum Gasteiger partial charge on any atom is 0.198 e. The molecule has 0 aromatic carbocycles. The molecule has 0 saturated heterocycles. The van der Waals surface area contributed by atoms with E-state index in [1.54, 1.807) is 0 Å². The Labute approximate surface area is 88.6 Å². The number of rotatable bonds is 10. The molecule has 0 spiro atoms. The summed E-state index contributed by atoms with van der Waals surface area (Å²) in [6.07, 6.45) is 16.9. The Hall–Kier alpha value is -0.590. The lowest BCUT2D eigenvalue weighted by Gasteiger charge is -1.95. The number of hydrogen-bond acceptors (Lipinski definition) is 1. The first-order valence-electron chi connectivity index (χ1n) is 5.91. The summed E-state index contributed by atoms with van der Waals surface area (Å²) in [6, 6.07) is 0. The Balaban J connectivity index is 2.99. The molecule has 1 radical (unpaired) electrons. The minimum absolute atomic E-state index is 0.584. The van der Waals surface area contributed by atoms with Crippen molar-refractivity contribution in [2.24, 2.45) is 0 Å². The third-order valence-electron chi connectivity index (χ3n) is 2.29. The van der Waals surface area contributed by atoms with Gasteiger partial charge in [0.25, 0.3) is 0 Å². The van der Waals surface area contributed by atoms with Crippen LogP contribution in [0.3, 0.4) is 0 Å². The van der Waals surface area contributed by atoms with Crippen LogP contribution in [0.15, 0.2) is 12.2 Å². The Kier molecular flexibility index (Phi) is 11.9. The van der Waals surface area contributed by atoms with Gasteiger partial charge in [-0.1, -0.05) is 44.8 Å². The van der Waals surface area contributed by atoms with Crippen molar-refractivity contribution in [3.63, 3.8) is 0 Å². The predicted molar refractivity (Wildman–Crippen MR) is 62.1 cm³/mol. The minimum Gasteiger partial charge on any atom is -0.291 e. The number of carbonyl (C=O) groups excluding carboxylic acids is 1. The van der Waals surface area contributed by atoms with Crippen LogP contribution < -0.4 is 0 Å². The van der Waals surface area contributed by atoms with Crippen LogP contribution >= 0.6 is 0 Å². The van der Waals surface area contributed by atoms with E-state index in [4.69, 9.17) is 0 Å². The second-order valence-electron chi connectivity index (χ2n) is 3.71. The molecule has 0 bridgehead atoms. The Morgan fingerprint density at radius 1 is 0.929 bits per heavy atom. The average molecular weight is 195 g/mol. The fraction of sp³-hybridized carbons (Fsp3) is 0.769. The molecule has 0 fully saturated rings. The van der Waals surface area contributed by atoms with Crippen LogP contribution in [-0.4, -0.2) is 6.29 Å². The van der Waals surface area contributed by atoms with Gasteiger partial charge in [0, 0.05) is 6.42 Å². The fourth-order valence-corrected chi connectivity index (χ4v) is 1.39. The Morgan fingerprint density at radius 3 is 2.21 bits per heavy atom. The van der Waals surface area contributed by atoms with Crippen molar-refractivity contribution >= 4 is 6.29 Å². The lowest BCUT2D eigenvalue weighted by molar-refractivity contribution is 0.549. The van der Waals surface area contributed by atoms with E-state index in [1.165, 1.54) is 38.5 Å². The highest BCUT2D eigenvalue weighted by Crippen LogP contribution is 2.05. The molecule has 0 aromatic heterocycles. The van der Waals surface area contributed by atoms with Crippen molar-refractivity contribution in [2.75, 3.05) is 0 Å². The highest BCUT2D eigenvalue weighted by atomic mass is 16.1. The zero-order chi connectivity index (χ0) is 10.5. The van der Waals surface area contributed by atoms with E-state index in [1.807, 2.05) is 6.29 Å². The molecule has 0 unspecified atom stereocenters. The molecule has 0 aliphatic heterocycles. The molecule has 81 valence electrons. The molecule has 1 heteroatoms. The molecule has 0 heterocycles. The summed E-state index contributed by atoms with van der Waals surface area (Å²) in [5.41, 5.74) is 0. The number of unbranched alkanes of at least 4 members (excludes halogenated alkanes) is 7. The standard InChI is InChI=1S/C13H23O/c1-2-3-4-5-6-7-8-9-10-11-12-13-14/h8-9H,2-7,10-12H2,1H3/b9-8+. The first-order chi connectivity index (χ1) is 6.91. The summed E-state index contributed by atoms with van der Waals surface area (Å²) in [6.45, 7) is 2.24. The minimum atomic E-state index is 0.584. The van der Waals surface area contributed by atoms with E-state index >= 15 is 0 Å². The molecular weight excluding hydrogens is 172 g/mol. The molecule has 0 aliphatic rings. The van der Waals surface area contributed by atoms with Crippen LogP contribution in [-0.2, 0) is 4.79 Å². The summed E-state index contributed by atoms with van der Waals surface area (Å²) in [5.74, 6) is 0. The van der Waals surface area contributed by atoms with Crippen LogP contribution in [0.2, 0.25) is 0 Å². The molecule has 0 aromatic rings. The smallest absolute Gasteiger partial charge is 0.198 e. The van der Waals surface area contributed by atoms with Gasteiger partial charge in [0.15, 0.2) is 6.29 Å². The lowest BCUT2D eigenvalue weighted by Crippen LogP contribution is -1.76. The molecule has 0 amide bonds. The SMILES string of the molecule is CCCCCCC/C=C/CCC[C]=O. The summed E-state index contributed by atoms with van der Waals surface area (Å²) in [7, 11) is 0. The molecule has 0 saturated carbocycles. The van der Waals surface area contributed by atoms with Crippen LogP contribution in [0.4, 0.5) is 0 Å². The van der Waals surface area contributed by atoms with Gasteiger partial charge in [0.2, 0.25) is 0 Å². The van der Waals surface area contributed by atoms with E-state index in [2.05, 4.69) is 19.1 Å². The van der Waals surface area contributed by atoms with Crippen molar-refractivity contribution in [1.82, 2.24) is 0 Å². The van der Waals surface area contributed by atoms with Crippen LogP contribution in [0.1, 0.15) is 64.7 Å². The molecule has 0 rings (SSSR count). The fourth-order valence-electron chi connectivity index (χ4n) is 1.39. The summed E-state index contributed by atoms with van der Waals surface area (Å²) in [4.78, 5) is 9.89. The zero-order valence-electron chi connectivity index (χ0n) is 9.43. The molecular formula is C13H23O. The Morgan fingerprint density at radius 2 is 1.57 bits per heavy atom. The summed E-state index contributed by atoms with van der Waals surface area (Å²) >= 11 is 0. The van der Waals surface area contributed by atoms with Gasteiger partial charge >= 0.3 is 0 Å². The second-order valence-corrected chi connectivity index (χ2v) is 3.71. The first-order valence-corrected chi connectivity index (χ1v) is 5.91. The predicted octanol–water partition coefficient (Wildman–Crippen LogP) is 4.18.